The van der Waals surface area contributed by atoms with E-state index in [4.69, 9.17) is 0 Å². The van der Waals surface area contributed by atoms with E-state index in [0.717, 1.165) is 0 Å². The first kappa shape index (κ1) is 74.5. The zero-order valence-electron chi connectivity index (χ0n) is 71.2. The van der Waals surface area contributed by atoms with E-state index in [1.54, 1.807) is 0 Å². The number of hydrogen-bond acceptors (Lipinski definition) is 0. The Morgan fingerprint density at radius 3 is 0.623 bits per heavy atom. The Morgan fingerprint density at radius 1 is 0.0846 bits per heavy atom. The van der Waals surface area contributed by atoms with Crippen LogP contribution in [0.4, 0.5) is 0 Å². The third-order valence-corrected chi connectivity index (χ3v) is 27.9. The second-order valence-corrected chi connectivity index (χ2v) is 34.8. The van der Waals surface area contributed by atoms with Crippen LogP contribution in [0.3, 0.4) is 0 Å². The number of rotatable bonds is 12. The van der Waals surface area contributed by atoms with Gasteiger partial charge in [-0.15, -0.1) is 0 Å². The topological polar surface area (TPSA) is 0 Å². The summed E-state index contributed by atoms with van der Waals surface area (Å²) in [5.74, 6) is 0. The average molecular weight is 1640 g/mol. The van der Waals surface area contributed by atoms with Gasteiger partial charge in [-0.3, -0.25) is 0 Å². The Kier molecular flexibility index (Phi) is 17.5. The quantitative estimate of drug-likeness (QED) is 0.0845. The molecule has 27 rings (SSSR count). The Bertz CT molecular complexity index is 8340. The molecule has 0 amide bonds. The predicted molar refractivity (Wildman–Crippen MR) is 556 cm³/mol. The Balaban J connectivity index is 0.000000145. The molecule has 600 valence electrons. The van der Waals surface area contributed by atoms with Crippen LogP contribution >= 0.6 is 0 Å². The first-order chi connectivity index (χ1) is 64.6. The molecule has 0 radical (unpaired) electrons. The van der Waals surface area contributed by atoms with Gasteiger partial charge < -0.3 is 0 Å². The van der Waals surface area contributed by atoms with E-state index in [1.807, 2.05) is 0 Å². The summed E-state index contributed by atoms with van der Waals surface area (Å²) in [5, 5.41) is 23.1. The summed E-state index contributed by atoms with van der Waals surface area (Å²) in [5.41, 5.74) is 40.2. The molecule has 0 aromatic heterocycles. The third kappa shape index (κ3) is 11.7. The van der Waals surface area contributed by atoms with Crippen molar-refractivity contribution in [3.63, 3.8) is 0 Å². The Hall–Kier alpha value is -16.9. The van der Waals surface area contributed by atoms with Gasteiger partial charge in [0.15, 0.2) is 0 Å². The maximum atomic E-state index is 2.47. The third-order valence-electron chi connectivity index (χ3n) is 27.9. The summed E-state index contributed by atoms with van der Waals surface area (Å²) in [6.45, 7) is 0. The second kappa shape index (κ2) is 30.5. The van der Waals surface area contributed by atoms with Crippen LogP contribution in [-0.4, -0.2) is 0 Å². The highest BCUT2D eigenvalue weighted by molar-refractivity contribution is 6.43. The molecule has 0 unspecified atom stereocenters. The van der Waals surface area contributed by atoms with E-state index < -0.39 is 0 Å². The van der Waals surface area contributed by atoms with Crippen molar-refractivity contribution in [2.75, 3.05) is 0 Å². The molecule has 0 heteroatoms. The van der Waals surface area contributed by atoms with Crippen molar-refractivity contribution in [1.29, 1.82) is 0 Å². The van der Waals surface area contributed by atoms with Crippen LogP contribution in [0.2, 0.25) is 0 Å². The van der Waals surface area contributed by atoms with Crippen molar-refractivity contribution in [3.05, 3.63) is 485 Å². The van der Waals surface area contributed by atoms with Crippen molar-refractivity contribution in [1.82, 2.24) is 0 Å². The molecular formula is C130H80. The van der Waals surface area contributed by atoms with Crippen molar-refractivity contribution >= 4 is 97.0 Å². The molecule has 0 nitrogen and oxygen atoms in total. The normalized spacial score (nSPS) is 11.8. The van der Waals surface area contributed by atoms with Crippen molar-refractivity contribution in [3.8, 4) is 178 Å². The molecule has 2 aliphatic rings. The standard InChI is InChI=1S/C76H44.C54H36/c1-5-21-45(22-6-1)49-29-13-15-31-51(49)69-55-35-19-17-33-53(55)65(47-25-9-3-10-26-47)73-61-41-37-57-60-40-44-64-72-62(42-38-58(68(60)72)59-39-43-63(75(69)73)71(61)67(57)59)74-66(48-27-11-4-12-28-48)54-34-18-20-36-56(54)70(76(64)74)52-32-16-14-30-50(52)46-23-7-2-8-24-46;1-5-17-37(18-6-1)43-29-31-47(49(33-43)39-21-9-3-10-22-39)53-45-27-15-16-28-46(45)54(52-36-42-26-14-13-25-41(42)35-51(52)53)48-32-30-44(38-19-7-2-8-20-38)34-50(48)40-23-11-4-12-24-40/h1-44H;1-36H. The smallest absolute Gasteiger partial charge is 0.000718 e. The minimum absolute atomic E-state index is 1.20. The van der Waals surface area contributed by atoms with Crippen molar-refractivity contribution in [2.45, 2.75) is 0 Å². The summed E-state index contributed by atoms with van der Waals surface area (Å²) < 4.78 is 0. The van der Waals surface area contributed by atoms with E-state index >= 15 is 0 Å². The molecule has 0 heterocycles. The largest absolute Gasteiger partial charge is 0.0622 e. The van der Waals surface area contributed by atoms with Crippen molar-refractivity contribution < 1.29 is 0 Å². The second-order valence-electron chi connectivity index (χ2n) is 34.8. The van der Waals surface area contributed by atoms with Crippen LogP contribution in [0.5, 0.6) is 0 Å². The molecule has 0 N–H and O–H groups in total. The van der Waals surface area contributed by atoms with Crippen LogP contribution in [0.1, 0.15) is 0 Å². The van der Waals surface area contributed by atoms with E-state index in [0.29, 0.717) is 0 Å². The molecule has 0 saturated carbocycles. The van der Waals surface area contributed by atoms with E-state index in [9.17, 15) is 0 Å². The monoisotopic (exact) mass is 1640 g/mol. The molecule has 0 atom stereocenters. The van der Waals surface area contributed by atoms with Crippen molar-refractivity contribution in [2.24, 2.45) is 0 Å². The molecular weight excluding hydrogens is 1560 g/mol. The van der Waals surface area contributed by atoms with Gasteiger partial charge in [-0.05, 0) is 299 Å². The fraction of sp³-hybridized carbons (Fsp3) is 0. The minimum Gasteiger partial charge on any atom is -0.0622 e. The predicted octanol–water partition coefficient (Wildman–Crippen LogP) is 36.5. The molecule has 0 aliphatic heterocycles. The highest BCUT2D eigenvalue weighted by Crippen LogP contribution is 2.64. The number of hydrogen-bond donors (Lipinski definition) is 0. The zero-order valence-corrected chi connectivity index (χ0v) is 71.2. The maximum absolute atomic E-state index is 2.47. The van der Waals surface area contributed by atoms with E-state index in [-0.39, 0.29) is 0 Å². The van der Waals surface area contributed by atoms with Crippen LogP contribution in [0.15, 0.2) is 485 Å². The maximum Gasteiger partial charge on any atom is -0.000718 e. The fourth-order valence-electron chi connectivity index (χ4n) is 22.5. The molecule has 130 heavy (non-hydrogen) atoms. The van der Waals surface area contributed by atoms with Crippen LogP contribution in [0.25, 0.3) is 275 Å². The van der Waals surface area contributed by atoms with Gasteiger partial charge in [-0.1, -0.05) is 461 Å². The lowest BCUT2D eigenvalue weighted by molar-refractivity contribution is 1.57. The molecule has 0 spiro atoms. The summed E-state index contributed by atoms with van der Waals surface area (Å²) in [7, 11) is 0. The van der Waals surface area contributed by atoms with Crippen LogP contribution in [0, 0.1) is 0 Å². The van der Waals surface area contributed by atoms with Crippen LogP contribution in [-0.2, 0) is 0 Å². The van der Waals surface area contributed by atoms with E-state index in [1.165, 1.54) is 275 Å². The molecule has 25 aromatic rings. The lowest BCUT2D eigenvalue weighted by atomic mass is 9.80. The molecule has 0 bridgehead atoms. The first-order valence-electron chi connectivity index (χ1n) is 45.3. The summed E-state index contributed by atoms with van der Waals surface area (Å²) in [6, 6.07) is 180. The van der Waals surface area contributed by atoms with E-state index in [2.05, 4.69) is 485 Å². The van der Waals surface area contributed by atoms with Gasteiger partial charge in [0.2, 0.25) is 0 Å². The summed E-state index contributed by atoms with van der Waals surface area (Å²) >= 11 is 0. The van der Waals surface area contributed by atoms with Gasteiger partial charge in [0.1, 0.15) is 0 Å². The van der Waals surface area contributed by atoms with Gasteiger partial charge in [-0.2, -0.15) is 0 Å². The number of benzene rings is 25. The highest BCUT2D eigenvalue weighted by atomic mass is 14.4. The van der Waals surface area contributed by atoms with Gasteiger partial charge in [0.25, 0.3) is 0 Å². The lowest BCUT2D eigenvalue weighted by Crippen LogP contribution is -1.95. The van der Waals surface area contributed by atoms with Gasteiger partial charge in [0, 0.05) is 0 Å². The SMILES string of the molecule is c1ccc(-c2ccc(-c3c4ccccc4c(-c4ccc(-c5ccccc5)cc4-c4ccccc4)c4cc5ccccc5cc34)c(-c3ccccc3)c2)cc1.c1ccc(-c2ccccc2-c2c3c(c(-c4ccccc4)c4ccccc24)-c2ccc4c5ccc6c7c(ccc(c8ccc-3c2c48)c75)-c2c-6c(-c3ccccc3-c3ccccc3)c3ccccc3c2-c2ccccc2)cc1. The lowest BCUT2D eigenvalue weighted by Gasteiger charge is -2.22. The first-order valence-corrected chi connectivity index (χ1v) is 45.3. The minimum atomic E-state index is 1.20. The van der Waals surface area contributed by atoms with Gasteiger partial charge >= 0.3 is 0 Å². The number of fused-ring (bicyclic) bond motifs is 13. The zero-order chi connectivity index (χ0) is 85.4. The molecule has 2 aliphatic carbocycles. The molecule has 0 saturated heterocycles. The fourth-order valence-corrected chi connectivity index (χ4v) is 22.5. The Labute approximate surface area is 754 Å². The summed E-state index contributed by atoms with van der Waals surface area (Å²) in [4.78, 5) is 0. The Morgan fingerprint density at radius 2 is 0.308 bits per heavy atom. The highest BCUT2D eigenvalue weighted by Gasteiger charge is 2.37. The van der Waals surface area contributed by atoms with Gasteiger partial charge in [0.05, 0.1) is 0 Å². The average Bonchev–Trinajstić information content (AvgIpc) is 1.72. The van der Waals surface area contributed by atoms with Crippen LogP contribution < -0.4 is 0 Å². The molecule has 0 fully saturated rings. The summed E-state index contributed by atoms with van der Waals surface area (Å²) in [6.07, 6.45) is 0. The van der Waals surface area contributed by atoms with Gasteiger partial charge in [-0.25, -0.2) is 0 Å². The molecule has 25 aromatic carbocycles.